The summed E-state index contributed by atoms with van der Waals surface area (Å²) in [6, 6.07) is 7.14. The lowest BCUT2D eigenvalue weighted by Gasteiger charge is -2.12. The van der Waals surface area contributed by atoms with Crippen LogP contribution in [-0.4, -0.2) is 44.6 Å². The van der Waals surface area contributed by atoms with Crippen molar-refractivity contribution in [3.8, 4) is 11.5 Å². The van der Waals surface area contributed by atoms with Crippen molar-refractivity contribution in [3.05, 3.63) is 72.7 Å². The van der Waals surface area contributed by atoms with Gasteiger partial charge in [-0.15, -0.1) is 0 Å². The number of carbonyl (C=O) groups is 2. The molecule has 0 unspecified atom stereocenters. The van der Waals surface area contributed by atoms with Gasteiger partial charge >= 0.3 is 5.97 Å². The van der Waals surface area contributed by atoms with Gasteiger partial charge in [0, 0.05) is 13.1 Å². The summed E-state index contributed by atoms with van der Waals surface area (Å²) in [7, 11) is 1.57. The molecule has 0 radical (unpaired) electrons. The van der Waals surface area contributed by atoms with Gasteiger partial charge in [-0.1, -0.05) is 30.0 Å². The Labute approximate surface area is 196 Å². The van der Waals surface area contributed by atoms with E-state index in [0.717, 1.165) is 23.9 Å². The Morgan fingerprint density at radius 3 is 2.45 bits per heavy atom. The summed E-state index contributed by atoms with van der Waals surface area (Å²) >= 11 is 6.25. The smallest absolute Gasteiger partial charge is 0.350 e. The predicted molar refractivity (Wildman–Crippen MR) is 123 cm³/mol. The van der Waals surface area contributed by atoms with E-state index in [9.17, 15) is 29.8 Å². The Balaban J connectivity index is 1.92. The molecule has 11 nitrogen and oxygen atoms in total. The van der Waals surface area contributed by atoms with Crippen LogP contribution in [0.5, 0.6) is 11.5 Å². The minimum atomic E-state index is -1.09. The molecule has 13 heteroatoms. The van der Waals surface area contributed by atoms with E-state index in [4.69, 9.17) is 21.7 Å². The van der Waals surface area contributed by atoms with Gasteiger partial charge in [0.2, 0.25) is 0 Å². The van der Waals surface area contributed by atoms with Crippen LogP contribution in [0.25, 0.3) is 6.08 Å². The highest BCUT2D eigenvalue weighted by Crippen LogP contribution is 2.35. The van der Waals surface area contributed by atoms with Crippen LogP contribution in [0.2, 0.25) is 0 Å². The zero-order chi connectivity index (χ0) is 24.3. The maximum atomic E-state index is 12.6. The maximum Gasteiger partial charge on any atom is 0.350 e. The SMILES string of the molecule is CCOc1cc(C=C2SC(=S)N(C)C2=O)ccc1OC(=O)c1ccc([N+](=O)[O-])cc1[N+](=O)[O-]. The number of rotatable bonds is 7. The molecule has 0 bridgehead atoms. The standard InChI is InChI=1S/C20H15N3O8S2/c1-3-30-16-8-11(9-17-18(24)21(2)20(32)33-17)4-7-15(16)31-19(25)13-6-5-12(22(26)27)10-14(13)23(28)29/h4-10H,3H2,1-2H3. The maximum absolute atomic E-state index is 12.6. The lowest BCUT2D eigenvalue weighted by molar-refractivity contribution is -0.394. The summed E-state index contributed by atoms with van der Waals surface area (Å²) in [5, 5.41) is 22.2. The molecule has 2 aromatic carbocycles. The number of thiocarbonyl (C=S) groups is 1. The molecule has 1 amide bonds. The number of likely N-dealkylation sites (N-methyl/N-ethyl adjacent to an activating group) is 1. The average Bonchev–Trinajstić information content (AvgIpc) is 3.01. The zero-order valence-electron chi connectivity index (χ0n) is 17.2. The first kappa shape index (κ1) is 23.8. The van der Waals surface area contributed by atoms with Gasteiger partial charge in [-0.2, -0.15) is 0 Å². The molecule has 1 heterocycles. The number of esters is 1. The minimum Gasteiger partial charge on any atom is -0.490 e. The molecule has 1 fully saturated rings. The first-order valence-electron chi connectivity index (χ1n) is 9.25. The molecule has 3 rings (SSSR count). The van der Waals surface area contributed by atoms with E-state index in [1.54, 1.807) is 32.2 Å². The molecule has 170 valence electrons. The fraction of sp³-hybridized carbons (Fsp3) is 0.150. The van der Waals surface area contributed by atoms with Crippen LogP contribution in [0.4, 0.5) is 11.4 Å². The lowest BCUT2D eigenvalue weighted by atomic mass is 10.1. The Bertz CT molecular complexity index is 1230. The number of ether oxygens (including phenoxy) is 2. The third kappa shape index (κ3) is 5.15. The molecule has 1 aliphatic heterocycles. The van der Waals surface area contributed by atoms with Crippen LogP contribution in [0.1, 0.15) is 22.8 Å². The molecule has 0 atom stereocenters. The summed E-state index contributed by atoms with van der Waals surface area (Å²) in [4.78, 5) is 47.1. The topological polar surface area (TPSA) is 142 Å². The monoisotopic (exact) mass is 489 g/mol. The number of nitro groups is 2. The fourth-order valence-electron chi connectivity index (χ4n) is 2.78. The van der Waals surface area contributed by atoms with Crippen molar-refractivity contribution in [1.29, 1.82) is 0 Å². The highest BCUT2D eigenvalue weighted by molar-refractivity contribution is 8.26. The summed E-state index contributed by atoms with van der Waals surface area (Å²) in [5.41, 5.74) is -1.17. The van der Waals surface area contributed by atoms with Crippen LogP contribution < -0.4 is 9.47 Å². The van der Waals surface area contributed by atoms with E-state index < -0.39 is 32.8 Å². The van der Waals surface area contributed by atoms with Gasteiger partial charge in [0.25, 0.3) is 17.3 Å². The second-order valence-corrected chi connectivity index (χ2v) is 8.16. The van der Waals surface area contributed by atoms with Crippen molar-refractivity contribution >= 4 is 57.6 Å². The Kier molecular flexibility index (Phi) is 7.04. The molecule has 1 saturated heterocycles. The Hall–Kier alpha value is -3.84. The molecule has 0 aromatic heterocycles. The third-order valence-corrected chi connectivity index (χ3v) is 5.85. The number of carbonyl (C=O) groups excluding carboxylic acids is 2. The van der Waals surface area contributed by atoms with Gasteiger partial charge in [-0.25, -0.2) is 4.79 Å². The molecule has 33 heavy (non-hydrogen) atoms. The molecule has 2 aromatic rings. The van der Waals surface area contributed by atoms with Crippen molar-refractivity contribution in [1.82, 2.24) is 4.90 Å². The van der Waals surface area contributed by atoms with Crippen LogP contribution in [0.15, 0.2) is 41.3 Å². The molecule has 0 saturated carbocycles. The van der Waals surface area contributed by atoms with Gasteiger partial charge in [0.1, 0.15) is 9.88 Å². The van der Waals surface area contributed by atoms with Gasteiger partial charge in [0.05, 0.1) is 27.4 Å². The van der Waals surface area contributed by atoms with Crippen molar-refractivity contribution in [2.75, 3.05) is 13.7 Å². The molecule has 0 N–H and O–H groups in total. The first-order valence-corrected chi connectivity index (χ1v) is 10.5. The van der Waals surface area contributed by atoms with E-state index in [2.05, 4.69) is 0 Å². The number of hydrogen-bond acceptors (Lipinski definition) is 10. The van der Waals surface area contributed by atoms with Crippen LogP contribution >= 0.6 is 24.0 Å². The van der Waals surface area contributed by atoms with E-state index in [1.807, 2.05) is 0 Å². The number of nitrogens with zero attached hydrogens (tertiary/aromatic N) is 3. The molecule has 0 spiro atoms. The zero-order valence-corrected chi connectivity index (χ0v) is 18.8. The van der Waals surface area contributed by atoms with E-state index in [0.29, 0.717) is 20.9 Å². The largest absolute Gasteiger partial charge is 0.490 e. The van der Waals surface area contributed by atoms with Gasteiger partial charge in [-0.05, 0) is 36.8 Å². The third-order valence-electron chi connectivity index (χ3n) is 4.36. The normalized spacial score (nSPS) is 14.5. The number of hydrogen-bond donors (Lipinski definition) is 0. The number of amides is 1. The number of non-ortho nitro benzene ring substituents is 1. The van der Waals surface area contributed by atoms with E-state index in [-0.39, 0.29) is 24.0 Å². The molecular formula is C20H15N3O8S2. The second-order valence-electron chi connectivity index (χ2n) is 6.49. The predicted octanol–water partition coefficient (Wildman–Crippen LogP) is 3.95. The van der Waals surface area contributed by atoms with Crippen molar-refractivity contribution in [2.24, 2.45) is 0 Å². The van der Waals surface area contributed by atoms with Gasteiger partial charge < -0.3 is 9.47 Å². The second kappa shape index (κ2) is 9.75. The Morgan fingerprint density at radius 1 is 1.15 bits per heavy atom. The highest BCUT2D eigenvalue weighted by Gasteiger charge is 2.29. The van der Waals surface area contributed by atoms with Crippen molar-refractivity contribution < 1.29 is 28.9 Å². The minimum absolute atomic E-state index is 0.0188. The van der Waals surface area contributed by atoms with E-state index in [1.165, 1.54) is 11.0 Å². The molecular weight excluding hydrogens is 474 g/mol. The summed E-state index contributed by atoms with van der Waals surface area (Å²) in [5.74, 6) is -1.19. The van der Waals surface area contributed by atoms with Gasteiger partial charge in [-0.3, -0.25) is 29.9 Å². The number of benzene rings is 2. The quantitative estimate of drug-likeness (QED) is 0.140. The Morgan fingerprint density at radius 2 is 1.88 bits per heavy atom. The van der Waals surface area contributed by atoms with Crippen molar-refractivity contribution in [2.45, 2.75) is 6.92 Å². The van der Waals surface area contributed by atoms with Crippen molar-refractivity contribution in [3.63, 3.8) is 0 Å². The lowest BCUT2D eigenvalue weighted by Crippen LogP contribution is -2.22. The van der Waals surface area contributed by atoms with Crippen LogP contribution in [-0.2, 0) is 4.79 Å². The summed E-state index contributed by atoms with van der Waals surface area (Å²) < 4.78 is 11.2. The summed E-state index contributed by atoms with van der Waals surface area (Å²) in [6.45, 7) is 1.93. The van der Waals surface area contributed by atoms with Crippen LogP contribution in [0, 0.1) is 20.2 Å². The fourth-order valence-corrected chi connectivity index (χ4v) is 3.96. The van der Waals surface area contributed by atoms with E-state index >= 15 is 0 Å². The average molecular weight is 489 g/mol. The first-order chi connectivity index (χ1) is 15.6. The highest BCUT2D eigenvalue weighted by atomic mass is 32.2. The van der Waals surface area contributed by atoms with Gasteiger partial charge in [0.15, 0.2) is 11.5 Å². The number of nitro benzene ring substituents is 2. The number of thioether (sulfide) groups is 1. The molecule has 0 aliphatic carbocycles. The van der Waals surface area contributed by atoms with Crippen LogP contribution in [0.3, 0.4) is 0 Å². The molecule has 1 aliphatic rings. The summed E-state index contributed by atoms with van der Waals surface area (Å²) in [6.07, 6.45) is 1.61.